The third-order valence-electron chi connectivity index (χ3n) is 6.17. The summed E-state index contributed by atoms with van der Waals surface area (Å²) < 4.78 is 23.0. The summed E-state index contributed by atoms with van der Waals surface area (Å²) in [4.78, 5) is 26.3. The van der Waals surface area contributed by atoms with E-state index >= 15 is 0 Å². The van der Waals surface area contributed by atoms with E-state index in [9.17, 15) is 13.2 Å². The molecule has 9 nitrogen and oxygen atoms in total. The van der Waals surface area contributed by atoms with Crippen LogP contribution in [0.15, 0.2) is 59.6 Å². The lowest BCUT2D eigenvalue weighted by molar-refractivity contribution is 0.0994. The number of fused-ring (bicyclic) bond motifs is 2. The fourth-order valence-electron chi connectivity index (χ4n) is 4.50. The second-order valence-electron chi connectivity index (χ2n) is 8.29. The summed E-state index contributed by atoms with van der Waals surface area (Å²) in [6.45, 7) is 0. The van der Waals surface area contributed by atoms with Gasteiger partial charge in [-0.25, -0.2) is 18.5 Å². The zero-order valence-electron chi connectivity index (χ0n) is 18.1. The molecule has 0 atom stereocenters. The van der Waals surface area contributed by atoms with Crippen LogP contribution in [0.5, 0.6) is 0 Å². The Labute approximate surface area is 192 Å². The lowest BCUT2D eigenvalue weighted by Crippen LogP contribution is -2.30. The zero-order valence-corrected chi connectivity index (χ0v) is 18.9. The number of nitrogens with two attached hydrogens (primary N) is 1. The van der Waals surface area contributed by atoms with Gasteiger partial charge in [0.15, 0.2) is 5.82 Å². The Morgan fingerprint density at radius 3 is 2.42 bits per heavy atom. The molecule has 2 aromatic carbocycles. The number of para-hydroxylation sites is 1. The largest absolute Gasteiger partial charge is 0.324 e. The second kappa shape index (κ2) is 8.13. The Balaban J connectivity index is 1.58. The van der Waals surface area contributed by atoms with Crippen molar-refractivity contribution in [1.82, 2.24) is 9.97 Å². The van der Waals surface area contributed by atoms with Gasteiger partial charge in [0.1, 0.15) is 5.69 Å². The molecule has 0 unspecified atom stereocenters. The Morgan fingerprint density at radius 2 is 1.73 bits per heavy atom. The molecule has 10 heteroatoms. The summed E-state index contributed by atoms with van der Waals surface area (Å²) in [6.07, 6.45) is 5.96. The first-order valence-corrected chi connectivity index (χ1v) is 12.3. The third-order valence-corrected chi connectivity index (χ3v) is 7.10. The molecule has 5 rings (SSSR count). The fraction of sp³-hybridized carbons (Fsp3) is 0.261. The second-order valence-corrected chi connectivity index (χ2v) is 9.85. The van der Waals surface area contributed by atoms with Crippen molar-refractivity contribution < 1.29 is 13.2 Å². The predicted octanol–water partition coefficient (Wildman–Crippen LogP) is 3.54. The molecule has 1 aliphatic carbocycles. The van der Waals surface area contributed by atoms with E-state index in [0.29, 0.717) is 28.7 Å². The molecule has 1 aliphatic heterocycles. The van der Waals surface area contributed by atoms with Gasteiger partial charge in [0.2, 0.25) is 16.0 Å². The molecular weight excluding hydrogens is 440 g/mol. The lowest BCUT2D eigenvalue weighted by Gasteiger charge is -2.31. The van der Waals surface area contributed by atoms with Crippen LogP contribution in [0.2, 0.25) is 0 Å². The Morgan fingerprint density at radius 1 is 1.03 bits per heavy atom. The van der Waals surface area contributed by atoms with Crippen molar-refractivity contribution in [3.8, 4) is 0 Å². The topological polar surface area (TPSA) is 122 Å². The predicted molar refractivity (Wildman–Crippen MR) is 127 cm³/mol. The van der Waals surface area contributed by atoms with E-state index in [1.54, 1.807) is 30.3 Å². The van der Waals surface area contributed by atoms with Gasteiger partial charge in [-0.05, 0) is 49.2 Å². The van der Waals surface area contributed by atoms with Crippen molar-refractivity contribution in [3.63, 3.8) is 0 Å². The highest BCUT2D eigenvalue weighted by Gasteiger charge is 2.35. The first-order chi connectivity index (χ1) is 15.8. The van der Waals surface area contributed by atoms with E-state index < -0.39 is 10.0 Å². The van der Waals surface area contributed by atoms with E-state index in [0.717, 1.165) is 31.4 Å². The van der Waals surface area contributed by atoms with Crippen LogP contribution >= 0.6 is 0 Å². The summed E-state index contributed by atoms with van der Waals surface area (Å²) >= 11 is 0. The summed E-state index contributed by atoms with van der Waals surface area (Å²) in [5.74, 6) is 0.914. The molecule has 170 valence electrons. The van der Waals surface area contributed by atoms with Crippen molar-refractivity contribution in [3.05, 3.63) is 60.3 Å². The van der Waals surface area contributed by atoms with E-state index in [4.69, 9.17) is 10.1 Å². The minimum Gasteiger partial charge on any atom is -0.324 e. The SMILES string of the molecule is CN1C(=O)c2ccccc2N(C2CCCC2)c2nc(Nc3ccc(S(N)(=O)=O)cc3)ncc21. The normalized spacial score (nSPS) is 16.4. The summed E-state index contributed by atoms with van der Waals surface area (Å²) in [5.41, 5.74) is 2.74. The summed E-state index contributed by atoms with van der Waals surface area (Å²) in [7, 11) is -2.03. The molecule has 1 aromatic heterocycles. The average Bonchev–Trinajstić information content (AvgIpc) is 3.30. The van der Waals surface area contributed by atoms with Crippen LogP contribution in [0.4, 0.5) is 28.8 Å². The molecule has 0 bridgehead atoms. The van der Waals surface area contributed by atoms with Crippen LogP contribution in [0.3, 0.4) is 0 Å². The third kappa shape index (κ3) is 3.91. The first-order valence-electron chi connectivity index (χ1n) is 10.8. The van der Waals surface area contributed by atoms with E-state index in [-0.39, 0.29) is 16.8 Å². The van der Waals surface area contributed by atoms with Gasteiger partial charge in [0.25, 0.3) is 5.91 Å². The number of benzene rings is 2. The molecule has 2 aliphatic rings. The molecule has 0 spiro atoms. The van der Waals surface area contributed by atoms with Gasteiger partial charge in [0, 0.05) is 18.8 Å². The van der Waals surface area contributed by atoms with Crippen LogP contribution in [-0.2, 0) is 10.0 Å². The van der Waals surface area contributed by atoms with E-state index in [1.165, 1.54) is 12.1 Å². The molecule has 33 heavy (non-hydrogen) atoms. The zero-order chi connectivity index (χ0) is 23.2. The van der Waals surface area contributed by atoms with E-state index in [1.807, 2.05) is 24.3 Å². The van der Waals surface area contributed by atoms with Crippen molar-refractivity contribution in [2.75, 3.05) is 22.2 Å². The van der Waals surface area contributed by atoms with Gasteiger partial charge < -0.3 is 15.1 Å². The molecule has 0 radical (unpaired) electrons. The highest BCUT2D eigenvalue weighted by molar-refractivity contribution is 7.89. The maximum Gasteiger partial charge on any atom is 0.260 e. The Kier molecular flexibility index (Phi) is 5.26. The molecule has 3 aromatic rings. The number of carbonyl (C=O) groups is 1. The molecule has 1 amide bonds. The number of amides is 1. The minimum atomic E-state index is -3.77. The Hall–Kier alpha value is -3.50. The van der Waals surface area contributed by atoms with Crippen LogP contribution in [0.25, 0.3) is 0 Å². The van der Waals surface area contributed by atoms with Crippen molar-refractivity contribution in [1.29, 1.82) is 0 Å². The van der Waals surface area contributed by atoms with Gasteiger partial charge in [0.05, 0.1) is 22.3 Å². The molecular formula is C23H24N6O3S. The minimum absolute atomic E-state index is 0.0278. The smallest absolute Gasteiger partial charge is 0.260 e. The number of primary sulfonamides is 1. The number of nitrogens with one attached hydrogen (secondary N) is 1. The van der Waals surface area contributed by atoms with Crippen LogP contribution in [0.1, 0.15) is 36.0 Å². The van der Waals surface area contributed by atoms with Crippen molar-refractivity contribution in [2.24, 2.45) is 5.14 Å². The van der Waals surface area contributed by atoms with Crippen LogP contribution < -0.4 is 20.3 Å². The number of hydrogen-bond donors (Lipinski definition) is 2. The first kappa shape index (κ1) is 21.4. The number of sulfonamides is 1. The Bertz CT molecular complexity index is 1320. The maximum absolute atomic E-state index is 13.2. The highest BCUT2D eigenvalue weighted by atomic mass is 32.2. The summed E-state index contributed by atoms with van der Waals surface area (Å²) in [6, 6.07) is 13.9. The van der Waals surface area contributed by atoms with Gasteiger partial charge >= 0.3 is 0 Å². The van der Waals surface area contributed by atoms with Gasteiger partial charge in [-0.1, -0.05) is 25.0 Å². The van der Waals surface area contributed by atoms with Crippen LogP contribution in [-0.4, -0.2) is 37.4 Å². The number of aromatic nitrogens is 2. The quantitative estimate of drug-likeness (QED) is 0.606. The molecule has 1 saturated carbocycles. The van der Waals surface area contributed by atoms with Crippen molar-refractivity contribution >= 4 is 44.8 Å². The average molecular weight is 465 g/mol. The lowest BCUT2D eigenvalue weighted by atomic mass is 10.1. The number of nitrogens with zero attached hydrogens (tertiary/aromatic N) is 4. The highest BCUT2D eigenvalue weighted by Crippen LogP contribution is 2.43. The standard InChI is InChI=1S/C23H24N6O3S/c1-28-20-14-25-23(26-15-10-12-17(13-11-15)33(24,31)32)27-21(20)29(16-6-2-3-7-16)19-9-5-4-8-18(19)22(28)30/h4-5,8-14,16H,2-3,6-7H2,1H3,(H2,24,31,32)(H,25,26,27). The molecule has 1 fully saturated rings. The molecule has 2 heterocycles. The fourth-order valence-corrected chi connectivity index (χ4v) is 5.01. The van der Waals surface area contributed by atoms with Crippen LogP contribution in [0, 0.1) is 0 Å². The maximum atomic E-state index is 13.2. The number of rotatable bonds is 4. The van der Waals surface area contributed by atoms with Crippen molar-refractivity contribution in [2.45, 2.75) is 36.6 Å². The number of hydrogen-bond acceptors (Lipinski definition) is 7. The number of carbonyl (C=O) groups excluding carboxylic acids is 1. The molecule has 3 N–H and O–H groups in total. The van der Waals surface area contributed by atoms with Gasteiger partial charge in [-0.2, -0.15) is 4.98 Å². The van der Waals surface area contributed by atoms with Gasteiger partial charge in [-0.15, -0.1) is 0 Å². The van der Waals surface area contributed by atoms with E-state index in [2.05, 4.69) is 15.2 Å². The number of anilines is 5. The van der Waals surface area contributed by atoms with Gasteiger partial charge in [-0.3, -0.25) is 4.79 Å². The molecule has 0 saturated heterocycles. The monoisotopic (exact) mass is 464 g/mol. The summed E-state index contributed by atoms with van der Waals surface area (Å²) in [5, 5.41) is 8.30.